The first-order valence-corrected chi connectivity index (χ1v) is 7.11. The first-order chi connectivity index (χ1) is 8.22. The molecule has 0 aliphatic heterocycles. The van der Waals surface area contributed by atoms with Crippen molar-refractivity contribution < 1.29 is 0 Å². The number of benzene rings is 1. The number of halogens is 1. The second kappa shape index (κ2) is 5.88. The monoisotopic (exact) mass is 251 g/mol. The normalized spacial score (nSPS) is 26.8. The second-order valence-corrected chi connectivity index (χ2v) is 5.63. The Hall–Kier alpha value is -0.530. The van der Waals surface area contributed by atoms with E-state index in [1.54, 1.807) is 0 Å². The summed E-state index contributed by atoms with van der Waals surface area (Å²) in [4.78, 5) is 0. The molecule has 1 fully saturated rings. The van der Waals surface area contributed by atoms with Crippen LogP contribution in [0.15, 0.2) is 24.3 Å². The van der Waals surface area contributed by atoms with Gasteiger partial charge in [-0.2, -0.15) is 0 Å². The van der Waals surface area contributed by atoms with E-state index in [4.69, 9.17) is 17.3 Å². The van der Waals surface area contributed by atoms with Crippen molar-refractivity contribution in [3.8, 4) is 0 Å². The van der Waals surface area contributed by atoms with Crippen LogP contribution in [0.5, 0.6) is 0 Å². The molecule has 0 bridgehead atoms. The van der Waals surface area contributed by atoms with Crippen LogP contribution in [0, 0.1) is 11.8 Å². The summed E-state index contributed by atoms with van der Waals surface area (Å²) in [5, 5.41) is 0.789. The van der Waals surface area contributed by atoms with Crippen LogP contribution in [0.25, 0.3) is 0 Å². The van der Waals surface area contributed by atoms with Gasteiger partial charge in [-0.1, -0.05) is 56.3 Å². The van der Waals surface area contributed by atoms with Crippen LogP contribution in [0.3, 0.4) is 0 Å². The zero-order valence-corrected chi connectivity index (χ0v) is 11.3. The molecule has 0 aromatic heterocycles. The highest BCUT2D eigenvalue weighted by Crippen LogP contribution is 2.39. The van der Waals surface area contributed by atoms with Crippen molar-refractivity contribution in [3.05, 3.63) is 34.9 Å². The number of hydrogen-bond donors (Lipinski definition) is 1. The Morgan fingerprint density at radius 3 is 2.53 bits per heavy atom. The van der Waals surface area contributed by atoms with Crippen LogP contribution in [0.2, 0.25) is 5.02 Å². The van der Waals surface area contributed by atoms with E-state index in [0.29, 0.717) is 5.92 Å². The standard InChI is InChI=1S/C15H22ClN/c1-2-11-5-3-4-6-14(11)15(17)12-7-9-13(16)10-8-12/h7-11,14-15H,2-6,17H2,1H3. The van der Waals surface area contributed by atoms with Gasteiger partial charge < -0.3 is 5.73 Å². The van der Waals surface area contributed by atoms with Gasteiger partial charge >= 0.3 is 0 Å². The van der Waals surface area contributed by atoms with Gasteiger partial charge in [0.1, 0.15) is 0 Å². The van der Waals surface area contributed by atoms with E-state index in [2.05, 4.69) is 19.1 Å². The SMILES string of the molecule is CCC1CCCCC1C(N)c1ccc(Cl)cc1. The second-order valence-electron chi connectivity index (χ2n) is 5.19. The van der Waals surface area contributed by atoms with E-state index in [0.717, 1.165) is 10.9 Å². The fraction of sp³-hybridized carbons (Fsp3) is 0.600. The lowest BCUT2D eigenvalue weighted by atomic mass is 9.73. The topological polar surface area (TPSA) is 26.0 Å². The van der Waals surface area contributed by atoms with E-state index >= 15 is 0 Å². The maximum absolute atomic E-state index is 6.44. The van der Waals surface area contributed by atoms with E-state index in [1.165, 1.54) is 37.7 Å². The molecule has 0 amide bonds. The Bertz CT molecular complexity index is 346. The number of nitrogens with two attached hydrogens (primary N) is 1. The summed E-state index contributed by atoms with van der Waals surface area (Å²) < 4.78 is 0. The summed E-state index contributed by atoms with van der Waals surface area (Å²) in [7, 11) is 0. The molecule has 1 aliphatic rings. The molecule has 0 spiro atoms. The summed E-state index contributed by atoms with van der Waals surface area (Å²) in [5.41, 5.74) is 7.68. The van der Waals surface area contributed by atoms with Crippen LogP contribution in [0.4, 0.5) is 0 Å². The maximum atomic E-state index is 6.44. The highest BCUT2D eigenvalue weighted by atomic mass is 35.5. The molecule has 2 heteroatoms. The Labute approximate surface area is 109 Å². The molecule has 2 N–H and O–H groups in total. The van der Waals surface area contributed by atoms with Gasteiger partial charge in [0.2, 0.25) is 0 Å². The van der Waals surface area contributed by atoms with E-state index in [9.17, 15) is 0 Å². The van der Waals surface area contributed by atoms with Gasteiger partial charge in [-0.15, -0.1) is 0 Å². The lowest BCUT2D eigenvalue weighted by Crippen LogP contribution is -2.30. The van der Waals surface area contributed by atoms with Gasteiger partial charge in [0.25, 0.3) is 0 Å². The van der Waals surface area contributed by atoms with Crippen LogP contribution in [-0.2, 0) is 0 Å². The minimum atomic E-state index is 0.178. The minimum Gasteiger partial charge on any atom is -0.324 e. The predicted octanol–water partition coefficient (Wildman–Crippen LogP) is 4.56. The summed E-state index contributed by atoms with van der Waals surface area (Å²) in [5.74, 6) is 1.45. The third-order valence-corrected chi connectivity index (χ3v) is 4.46. The van der Waals surface area contributed by atoms with Crippen molar-refractivity contribution in [1.29, 1.82) is 0 Å². The molecule has 0 radical (unpaired) electrons. The van der Waals surface area contributed by atoms with Gasteiger partial charge in [-0.3, -0.25) is 0 Å². The largest absolute Gasteiger partial charge is 0.324 e. The Morgan fingerprint density at radius 2 is 1.88 bits per heavy atom. The molecular weight excluding hydrogens is 230 g/mol. The highest BCUT2D eigenvalue weighted by Gasteiger charge is 2.29. The van der Waals surface area contributed by atoms with Crippen LogP contribution in [0.1, 0.15) is 50.6 Å². The molecule has 94 valence electrons. The average molecular weight is 252 g/mol. The molecule has 0 saturated heterocycles. The van der Waals surface area contributed by atoms with Gasteiger partial charge in [-0.05, 0) is 36.0 Å². The molecular formula is C15H22ClN. The molecule has 3 atom stereocenters. The summed E-state index contributed by atoms with van der Waals surface area (Å²) in [6.07, 6.45) is 6.60. The van der Waals surface area contributed by atoms with E-state index in [-0.39, 0.29) is 6.04 Å². The van der Waals surface area contributed by atoms with Gasteiger partial charge in [0, 0.05) is 11.1 Å². The number of hydrogen-bond acceptors (Lipinski definition) is 1. The lowest BCUT2D eigenvalue weighted by Gasteiger charge is -2.35. The van der Waals surface area contributed by atoms with E-state index < -0.39 is 0 Å². The van der Waals surface area contributed by atoms with E-state index in [1.807, 2.05) is 12.1 Å². The van der Waals surface area contributed by atoms with Crippen molar-refractivity contribution in [3.63, 3.8) is 0 Å². The quantitative estimate of drug-likeness (QED) is 0.838. The van der Waals surface area contributed by atoms with Gasteiger partial charge in [0.15, 0.2) is 0 Å². The first-order valence-electron chi connectivity index (χ1n) is 6.73. The summed E-state index contributed by atoms with van der Waals surface area (Å²) in [6.45, 7) is 2.29. The Kier molecular flexibility index (Phi) is 4.47. The molecule has 17 heavy (non-hydrogen) atoms. The smallest absolute Gasteiger partial charge is 0.0406 e. The fourth-order valence-corrected chi connectivity index (χ4v) is 3.27. The average Bonchev–Trinajstić information content (AvgIpc) is 2.39. The molecule has 1 nitrogen and oxygen atoms in total. The summed E-state index contributed by atoms with van der Waals surface area (Å²) >= 11 is 5.92. The zero-order valence-electron chi connectivity index (χ0n) is 10.5. The Morgan fingerprint density at radius 1 is 1.24 bits per heavy atom. The maximum Gasteiger partial charge on any atom is 0.0406 e. The summed E-state index contributed by atoms with van der Waals surface area (Å²) in [6, 6.07) is 8.22. The first kappa shape index (κ1) is 12.9. The fourth-order valence-electron chi connectivity index (χ4n) is 3.15. The van der Waals surface area contributed by atoms with Crippen molar-refractivity contribution in [2.75, 3.05) is 0 Å². The molecule has 3 unspecified atom stereocenters. The number of rotatable bonds is 3. The molecule has 1 aliphatic carbocycles. The molecule has 1 saturated carbocycles. The minimum absolute atomic E-state index is 0.178. The molecule has 0 heterocycles. The van der Waals surface area contributed by atoms with Crippen LogP contribution < -0.4 is 5.73 Å². The predicted molar refractivity (Wildman–Crippen MR) is 74.1 cm³/mol. The van der Waals surface area contributed by atoms with Crippen molar-refractivity contribution in [2.45, 2.75) is 45.1 Å². The van der Waals surface area contributed by atoms with Gasteiger partial charge in [-0.25, -0.2) is 0 Å². The highest BCUT2D eigenvalue weighted by molar-refractivity contribution is 6.30. The third kappa shape index (κ3) is 3.02. The molecule has 1 aromatic carbocycles. The van der Waals surface area contributed by atoms with Gasteiger partial charge in [0.05, 0.1) is 0 Å². The Balaban J connectivity index is 2.12. The van der Waals surface area contributed by atoms with Crippen LogP contribution >= 0.6 is 11.6 Å². The lowest BCUT2D eigenvalue weighted by molar-refractivity contribution is 0.196. The molecule has 1 aromatic rings. The zero-order chi connectivity index (χ0) is 12.3. The van der Waals surface area contributed by atoms with Crippen molar-refractivity contribution in [1.82, 2.24) is 0 Å². The third-order valence-electron chi connectivity index (χ3n) is 4.21. The molecule has 2 rings (SSSR count). The van der Waals surface area contributed by atoms with Crippen molar-refractivity contribution in [2.24, 2.45) is 17.6 Å². The van der Waals surface area contributed by atoms with Crippen LogP contribution in [-0.4, -0.2) is 0 Å². The van der Waals surface area contributed by atoms with Crippen molar-refractivity contribution >= 4 is 11.6 Å².